The first-order valence-electron chi connectivity index (χ1n) is 7.16. The Balaban J connectivity index is 0.000000433. The number of likely N-dealkylation sites (tertiary alicyclic amines) is 1. The first kappa shape index (κ1) is 17.4. The van der Waals surface area contributed by atoms with Crippen molar-refractivity contribution in [2.45, 2.75) is 13.5 Å². The van der Waals surface area contributed by atoms with Crippen LogP contribution in [0.2, 0.25) is 0 Å². The number of rotatable bonds is 3. The van der Waals surface area contributed by atoms with E-state index in [4.69, 9.17) is 19.4 Å². The van der Waals surface area contributed by atoms with Crippen LogP contribution >= 0.6 is 11.3 Å². The summed E-state index contributed by atoms with van der Waals surface area (Å²) in [5.74, 6) is -0.806. The zero-order valence-corrected chi connectivity index (χ0v) is 13.8. The molecule has 0 amide bonds. The summed E-state index contributed by atoms with van der Waals surface area (Å²) in [6.07, 6.45) is 0. The Morgan fingerprint density at radius 1 is 1.43 bits per heavy atom. The second kappa shape index (κ2) is 7.56. The standard InChI is InChI=1S/C13H15NO4S.C2H4O2/c1-17-13(16)11-3-2-9(19-11)5-14-4-8-7-18-12(15)10(8)6-14;1-2(3)4/h2-3,8,10H,4-7H2,1H3;1H3,(H,3,4)/t8-,10-;/m1./s1. The summed E-state index contributed by atoms with van der Waals surface area (Å²) >= 11 is 1.45. The number of aliphatic carboxylic acids is 1. The maximum Gasteiger partial charge on any atom is 0.348 e. The maximum absolute atomic E-state index is 11.5. The molecule has 7 nitrogen and oxygen atoms in total. The number of nitrogens with zero attached hydrogens (tertiary/aromatic N) is 1. The molecule has 8 heteroatoms. The van der Waals surface area contributed by atoms with Crippen LogP contribution in [-0.2, 0) is 25.6 Å². The number of hydrogen-bond donors (Lipinski definition) is 1. The summed E-state index contributed by atoms with van der Waals surface area (Å²) in [5.41, 5.74) is 0. The average Bonchev–Trinajstić information content (AvgIpc) is 3.17. The molecule has 3 rings (SSSR count). The molecule has 23 heavy (non-hydrogen) atoms. The fourth-order valence-corrected chi connectivity index (χ4v) is 3.68. The smallest absolute Gasteiger partial charge is 0.348 e. The number of cyclic esters (lactones) is 1. The number of ether oxygens (including phenoxy) is 2. The van der Waals surface area contributed by atoms with E-state index in [9.17, 15) is 9.59 Å². The molecule has 0 bridgehead atoms. The highest BCUT2D eigenvalue weighted by molar-refractivity contribution is 7.13. The van der Waals surface area contributed by atoms with Gasteiger partial charge in [-0.25, -0.2) is 4.79 Å². The van der Waals surface area contributed by atoms with E-state index in [1.807, 2.05) is 6.07 Å². The van der Waals surface area contributed by atoms with Gasteiger partial charge in [-0.3, -0.25) is 14.5 Å². The highest BCUT2D eigenvalue weighted by Crippen LogP contribution is 2.32. The summed E-state index contributed by atoms with van der Waals surface area (Å²) in [6.45, 7) is 4.07. The fourth-order valence-electron chi connectivity index (χ4n) is 2.72. The lowest BCUT2D eigenvalue weighted by Gasteiger charge is -2.15. The second-order valence-electron chi connectivity index (χ2n) is 5.47. The second-order valence-corrected chi connectivity index (χ2v) is 6.64. The Bertz CT molecular complexity index is 595. The molecule has 0 spiro atoms. The van der Waals surface area contributed by atoms with E-state index >= 15 is 0 Å². The molecule has 126 valence electrons. The van der Waals surface area contributed by atoms with Gasteiger partial charge in [0.1, 0.15) is 4.88 Å². The molecule has 3 heterocycles. The van der Waals surface area contributed by atoms with Gasteiger partial charge < -0.3 is 14.6 Å². The van der Waals surface area contributed by atoms with Crippen LogP contribution in [0.15, 0.2) is 12.1 Å². The number of carbonyl (C=O) groups is 3. The third kappa shape index (κ3) is 4.52. The van der Waals surface area contributed by atoms with Gasteiger partial charge in [0, 0.05) is 37.4 Å². The van der Waals surface area contributed by atoms with Crippen molar-refractivity contribution >= 4 is 29.2 Å². The molecule has 2 aliphatic heterocycles. The van der Waals surface area contributed by atoms with Crippen molar-refractivity contribution in [3.05, 3.63) is 21.9 Å². The van der Waals surface area contributed by atoms with Gasteiger partial charge in [-0.2, -0.15) is 0 Å². The van der Waals surface area contributed by atoms with Crippen LogP contribution in [0.3, 0.4) is 0 Å². The van der Waals surface area contributed by atoms with E-state index in [0.29, 0.717) is 17.4 Å². The van der Waals surface area contributed by atoms with Crippen LogP contribution in [0, 0.1) is 11.8 Å². The van der Waals surface area contributed by atoms with Gasteiger partial charge in [0.05, 0.1) is 19.6 Å². The highest BCUT2D eigenvalue weighted by Gasteiger charge is 2.43. The van der Waals surface area contributed by atoms with Crippen molar-refractivity contribution in [3.8, 4) is 0 Å². The number of thiophene rings is 1. The van der Waals surface area contributed by atoms with Crippen LogP contribution in [-0.4, -0.2) is 54.7 Å². The highest BCUT2D eigenvalue weighted by atomic mass is 32.1. The quantitative estimate of drug-likeness (QED) is 0.827. The number of hydrogen-bond acceptors (Lipinski definition) is 7. The monoisotopic (exact) mass is 341 g/mol. The lowest BCUT2D eigenvalue weighted by molar-refractivity contribution is -0.141. The molecule has 2 atom stereocenters. The lowest BCUT2D eigenvalue weighted by Crippen LogP contribution is -2.23. The van der Waals surface area contributed by atoms with Gasteiger partial charge in [0.25, 0.3) is 5.97 Å². The van der Waals surface area contributed by atoms with E-state index in [2.05, 4.69) is 4.90 Å². The van der Waals surface area contributed by atoms with Gasteiger partial charge in [0.2, 0.25) is 0 Å². The predicted octanol–water partition coefficient (Wildman–Crippen LogP) is 1.23. The minimum atomic E-state index is -0.833. The first-order valence-corrected chi connectivity index (χ1v) is 7.98. The zero-order valence-electron chi connectivity index (χ0n) is 13.0. The number of carbonyl (C=O) groups excluding carboxylic acids is 2. The van der Waals surface area contributed by atoms with Crippen molar-refractivity contribution in [3.63, 3.8) is 0 Å². The van der Waals surface area contributed by atoms with Gasteiger partial charge in [0.15, 0.2) is 0 Å². The van der Waals surface area contributed by atoms with Crippen LogP contribution < -0.4 is 0 Å². The molecule has 1 N–H and O–H groups in total. The molecule has 1 aromatic rings. The molecule has 0 radical (unpaired) electrons. The van der Waals surface area contributed by atoms with Crippen molar-refractivity contribution in [2.75, 3.05) is 26.8 Å². The number of esters is 2. The van der Waals surface area contributed by atoms with Gasteiger partial charge >= 0.3 is 11.9 Å². The van der Waals surface area contributed by atoms with Gasteiger partial charge in [-0.1, -0.05) is 0 Å². The number of carboxylic acids is 1. The molecule has 0 aromatic carbocycles. The SMILES string of the molecule is CC(=O)O.COC(=O)c1ccc(CN2C[C@@H]3COC(=O)[C@@H]3C2)s1. The van der Waals surface area contributed by atoms with E-state index in [1.54, 1.807) is 6.07 Å². The molecule has 0 saturated carbocycles. The van der Waals surface area contributed by atoms with Crippen molar-refractivity contribution in [1.82, 2.24) is 4.90 Å². The maximum atomic E-state index is 11.5. The zero-order chi connectivity index (χ0) is 17.0. The van der Waals surface area contributed by atoms with Gasteiger partial charge in [-0.05, 0) is 12.1 Å². The molecule has 0 unspecified atom stereocenters. The van der Waals surface area contributed by atoms with Crippen molar-refractivity contribution < 1.29 is 29.0 Å². The molecular weight excluding hydrogens is 322 g/mol. The van der Waals surface area contributed by atoms with Gasteiger partial charge in [-0.15, -0.1) is 11.3 Å². The summed E-state index contributed by atoms with van der Waals surface area (Å²) in [6, 6.07) is 3.74. The van der Waals surface area contributed by atoms with Crippen LogP contribution in [0.5, 0.6) is 0 Å². The van der Waals surface area contributed by atoms with Crippen LogP contribution in [0.1, 0.15) is 21.5 Å². The molecule has 1 aromatic heterocycles. The lowest BCUT2D eigenvalue weighted by atomic mass is 10.0. The van der Waals surface area contributed by atoms with Crippen molar-refractivity contribution in [2.24, 2.45) is 11.8 Å². The van der Waals surface area contributed by atoms with E-state index in [-0.39, 0.29) is 17.9 Å². The van der Waals surface area contributed by atoms with Crippen LogP contribution in [0.25, 0.3) is 0 Å². The van der Waals surface area contributed by atoms with E-state index in [1.165, 1.54) is 18.4 Å². The number of carboxylic acid groups (broad SMARTS) is 1. The number of fused-ring (bicyclic) bond motifs is 1. The van der Waals surface area contributed by atoms with E-state index in [0.717, 1.165) is 31.4 Å². The Morgan fingerprint density at radius 3 is 2.74 bits per heavy atom. The minimum Gasteiger partial charge on any atom is -0.481 e. The topological polar surface area (TPSA) is 93.1 Å². The molecule has 0 aliphatic carbocycles. The largest absolute Gasteiger partial charge is 0.481 e. The van der Waals surface area contributed by atoms with Crippen LogP contribution in [0.4, 0.5) is 0 Å². The van der Waals surface area contributed by atoms with Crippen molar-refractivity contribution in [1.29, 1.82) is 0 Å². The molecule has 2 aliphatic rings. The number of methoxy groups -OCH3 is 1. The Hall–Kier alpha value is -1.93. The molecule has 2 saturated heterocycles. The summed E-state index contributed by atoms with van der Waals surface area (Å²) in [7, 11) is 1.38. The first-order chi connectivity index (χ1) is 10.9. The third-order valence-electron chi connectivity index (χ3n) is 3.69. The molecular formula is C15H19NO6S. The normalized spacial score (nSPS) is 22.8. The summed E-state index contributed by atoms with van der Waals surface area (Å²) in [4.78, 5) is 35.9. The minimum absolute atomic E-state index is 0.0417. The molecule has 2 fully saturated rings. The third-order valence-corrected chi connectivity index (χ3v) is 4.74. The Labute approximate surface area is 137 Å². The van der Waals surface area contributed by atoms with E-state index < -0.39 is 5.97 Å². The average molecular weight is 341 g/mol. The fraction of sp³-hybridized carbons (Fsp3) is 0.533. The summed E-state index contributed by atoms with van der Waals surface area (Å²) < 4.78 is 9.74. The Morgan fingerprint density at radius 2 is 2.13 bits per heavy atom. The Kier molecular flexibility index (Phi) is 5.73. The summed E-state index contributed by atoms with van der Waals surface area (Å²) in [5, 5.41) is 7.42. The predicted molar refractivity (Wildman–Crippen MR) is 82.2 cm³/mol.